The van der Waals surface area contributed by atoms with Gasteiger partial charge in [0.05, 0.1) is 16.4 Å². The van der Waals surface area contributed by atoms with E-state index >= 15 is 0 Å². The standard InChI is InChI=1S/C18H25ClN2/c1-12-7-8-16-15(10-12)20-17(13(2)19)21(16)14-6-5-9-18(3,4)11-14/h7-8,10,13-14H,5-6,9,11H2,1-4H3. The average molecular weight is 305 g/mol. The van der Waals surface area contributed by atoms with E-state index in [0.29, 0.717) is 11.5 Å². The Bertz CT molecular complexity index is 655. The molecule has 0 N–H and O–H groups in total. The Kier molecular flexibility index (Phi) is 3.77. The van der Waals surface area contributed by atoms with Crippen LogP contribution in [0.1, 0.15) is 69.3 Å². The van der Waals surface area contributed by atoms with Crippen LogP contribution in [0, 0.1) is 12.3 Å². The number of fused-ring (bicyclic) bond motifs is 1. The molecule has 3 heteroatoms. The summed E-state index contributed by atoms with van der Waals surface area (Å²) < 4.78 is 2.42. The van der Waals surface area contributed by atoms with E-state index in [4.69, 9.17) is 16.6 Å². The van der Waals surface area contributed by atoms with Gasteiger partial charge < -0.3 is 4.57 Å². The van der Waals surface area contributed by atoms with Crippen LogP contribution in [0.4, 0.5) is 0 Å². The van der Waals surface area contributed by atoms with Crippen LogP contribution in [-0.2, 0) is 0 Å². The van der Waals surface area contributed by atoms with E-state index < -0.39 is 0 Å². The van der Waals surface area contributed by atoms with Crippen molar-refractivity contribution in [2.24, 2.45) is 5.41 Å². The summed E-state index contributed by atoms with van der Waals surface area (Å²) in [5.74, 6) is 1.03. The maximum Gasteiger partial charge on any atom is 0.127 e. The van der Waals surface area contributed by atoms with Gasteiger partial charge in [0.25, 0.3) is 0 Å². The molecule has 0 aliphatic heterocycles. The zero-order valence-electron chi connectivity index (χ0n) is 13.5. The summed E-state index contributed by atoms with van der Waals surface area (Å²) in [6.07, 6.45) is 5.06. The highest BCUT2D eigenvalue weighted by molar-refractivity contribution is 6.20. The van der Waals surface area contributed by atoms with Gasteiger partial charge in [0.1, 0.15) is 5.82 Å². The third-order valence-corrected chi connectivity index (χ3v) is 4.97. The summed E-state index contributed by atoms with van der Waals surface area (Å²) in [5, 5.41) is -0.0530. The highest BCUT2D eigenvalue weighted by Crippen LogP contribution is 2.43. The van der Waals surface area contributed by atoms with Crippen molar-refractivity contribution in [3.63, 3.8) is 0 Å². The molecule has 0 amide bonds. The molecule has 1 fully saturated rings. The molecule has 2 nitrogen and oxygen atoms in total. The van der Waals surface area contributed by atoms with Crippen LogP contribution in [0.15, 0.2) is 18.2 Å². The molecule has 2 aromatic rings. The smallest absolute Gasteiger partial charge is 0.127 e. The number of aryl methyl sites for hydroxylation is 1. The van der Waals surface area contributed by atoms with Gasteiger partial charge in [0.15, 0.2) is 0 Å². The second-order valence-corrected chi connectivity index (χ2v) is 8.02. The van der Waals surface area contributed by atoms with Gasteiger partial charge in [-0.25, -0.2) is 4.98 Å². The third-order valence-electron chi connectivity index (χ3n) is 4.77. The molecule has 1 aromatic heterocycles. The van der Waals surface area contributed by atoms with Crippen molar-refractivity contribution in [3.8, 4) is 0 Å². The minimum Gasteiger partial charge on any atom is -0.324 e. The van der Waals surface area contributed by atoms with Crippen molar-refractivity contribution >= 4 is 22.6 Å². The van der Waals surface area contributed by atoms with E-state index in [-0.39, 0.29) is 5.38 Å². The molecule has 3 rings (SSSR count). The lowest BCUT2D eigenvalue weighted by atomic mass is 9.75. The Morgan fingerprint density at radius 2 is 2.14 bits per heavy atom. The van der Waals surface area contributed by atoms with Crippen molar-refractivity contribution in [1.82, 2.24) is 9.55 Å². The molecule has 1 aliphatic carbocycles. The number of hydrogen-bond acceptors (Lipinski definition) is 1. The van der Waals surface area contributed by atoms with Crippen LogP contribution in [0.2, 0.25) is 0 Å². The SMILES string of the molecule is Cc1ccc2c(c1)nc(C(C)Cl)n2C1CCCC(C)(C)C1. The molecule has 114 valence electrons. The summed E-state index contributed by atoms with van der Waals surface area (Å²) in [6.45, 7) is 8.91. The number of aromatic nitrogens is 2. The quantitative estimate of drug-likeness (QED) is 0.642. The van der Waals surface area contributed by atoms with Crippen LogP contribution in [0.5, 0.6) is 0 Å². The van der Waals surface area contributed by atoms with E-state index in [1.807, 2.05) is 6.92 Å². The topological polar surface area (TPSA) is 17.8 Å². The van der Waals surface area contributed by atoms with Crippen molar-refractivity contribution in [2.75, 3.05) is 0 Å². The molecule has 2 atom stereocenters. The maximum absolute atomic E-state index is 6.43. The summed E-state index contributed by atoms with van der Waals surface area (Å²) in [5.41, 5.74) is 3.99. The lowest BCUT2D eigenvalue weighted by Gasteiger charge is -2.37. The summed E-state index contributed by atoms with van der Waals surface area (Å²) in [7, 11) is 0. The molecule has 0 radical (unpaired) electrons. The van der Waals surface area contributed by atoms with Crippen molar-refractivity contribution in [1.29, 1.82) is 0 Å². The van der Waals surface area contributed by atoms with E-state index in [9.17, 15) is 0 Å². The van der Waals surface area contributed by atoms with Gasteiger partial charge in [0.2, 0.25) is 0 Å². The first kappa shape index (κ1) is 14.9. The molecule has 1 aromatic carbocycles. The molecule has 1 saturated carbocycles. The van der Waals surface area contributed by atoms with Crippen LogP contribution >= 0.6 is 11.6 Å². The van der Waals surface area contributed by atoms with Gasteiger partial charge in [0, 0.05) is 6.04 Å². The van der Waals surface area contributed by atoms with Crippen molar-refractivity contribution in [2.45, 2.75) is 64.8 Å². The average Bonchev–Trinajstić information content (AvgIpc) is 2.76. The fourth-order valence-electron chi connectivity index (χ4n) is 3.77. The van der Waals surface area contributed by atoms with E-state index in [0.717, 1.165) is 11.3 Å². The number of hydrogen-bond donors (Lipinski definition) is 0. The second kappa shape index (κ2) is 5.31. The third kappa shape index (κ3) is 2.83. The number of rotatable bonds is 2. The fourth-order valence-corrected chi connectivity index (χ4v) is 3.92. The summed E-state index contributed by atoms with van der Waals surface area (Å²) in [6, 6.07) is 7.08. The largest absolute Gasteiger partial charge is 0.324 e. The molecule has 2 unspecified atom stereocenters. The lowest BCUT2D eigenvalue weighted by molar-refractivity contribution is 0.183. The predicted octanol–water partition coefficient (Wildman–Crippen LogP) is 5.79. The van der Waals surface area contributed by atoms with Gasteiger partial charge >= 0.3 is 0 Å². The minimum atomic E-state index is -0.0530. The number of imidazole rings is 1. The van der Waals surface area contributed by atoms with Crippen LogP contribution in [-0.4, -0.2) is 9.55 Å². The van der Waals surface area contributed by atoms with E-state index in [1.54, 1.807) is 0 Å². The first-order valence-corrected chi connectivity index (χ1v) is 8.43. The Morgan fingerprint density at radius 1 is 1.38 bits per heavy atom. The molecule has 0 bridgehead atoms. The van der Waals surface area contributed by atoms with Gasteiger partial charge in [-0.1, -0.05) is 26.3 Å². The Morgan fingerprint density at radius 3 is 2.81 bits per heavy atom. The number of benzene rings is 1. The van der Waals surface area contributed by atoms with Gasteiger partial charge in [-0.05, 0) is 56.2 Å². The normalized spacial score (nSPS) is 23.4. The molecule has 1 aliphatic rings. The van der Waals surface area contributed by atoms with Gasteiger partial charge in [-0.2, -0.15) is 0 Å². The molecule has 0 saturated heterocycles. The van der Waals surface area contributed by atoms with Gasteiger partial charge in [-0.3, -0.25) is 0 Å². The highest BCUT2D eigenvalue weighted by atomic mass is 35.5. The molecule has 21 heavy (non-hydrogen) atoms. The van der Waals surface area contributed by atoms with Crippen LogP contribution in [0.25, 0.3) is 11.0 Å². The fraction of sp³-hybridized carbons (Fsp3) is 0.611. The minimum absolute atomic E-state index is 0.0530. The van der Waals surface area contributed by atoms with Crippen molar-refractivity contribution in [3.05, 3.63) is 29.6 Å². The predicted molar refractivity (Wildman–Crippen MR) is 90.0 cm³/mol. The Labute approximate surface area is 132 Å². The lowest BCUT2D eigenvalue weighted by Crippen LogP contribution is -2.26. The summed E-state index contributed by atoms with van der Waals surface area (Å²) >= 11 is 6.43. The monoisotopic (exact) mass is 304 g/mol. The first-order chi connectivity index (χ1) is 9.87. The molecule has 0 spiro atoms. The Balaban J connectivity index is 2.13. The Hall–Kier alpha value is -1.02. The molecule has 1 heterocycles. The van der Waals surface area contributed by atoms with Crippen molar-refractivity contribution < 1.29 is 0 Å². The molecular weight excluding hydrogens is 280 g/mol. The number of alkyl halides is 1. The van der Waals surface area contributed by atoms with Crippen LogP contribution < -0.4 is 0 Å². The maximum atomic E-state index is 6.43. The second-order valence-electron chi connectivity index (χ2n) is 7.36. The van der Waals surface area contributed by atoms with Crippen LogP contribution in [0.3, 0.4) is 0 Å². The zero-order valence-corrected chi connectivity index (χ0v) is 14.2. The summed E-state index contributed by atoms with van der Waals surface area (Å²) in [4.78, 5) is 4.83. The first-order valence-electron chi connectivity index (χ1n) is 8.00. The van der Waals surface area contributed by atoms with E-state index in [2.05, 4.69) is 43.5 Å². The highest BCUT2D eigenvalue weighted by Gasteiger charge is 2.31. The number of halogens is 1. The number of nitrogens with zero attached hydrogens (tertiary/aromatic N) is 2. The van der Waals surface area contributed by atoms with Gasteiger partial charge in [-0.15, -0.1) is 11.6 Å². The zero-order chi connectivity index (χ0) is 15.2. The van der Waals surface area contributed by atoms with E-state index in [1.165, 1.54) is 36.8 Å². The molecular formula is C18H25ClN2.